The van der Waals surface area contributed by atoms with Crippen molar-refractivity contribution >= 4 is 22.5 Å². The SMILES string of the molecule is COc1cc(-c2nc3cc(Cl)ccc3c(=O)n2Cc2ccccc2)cc(OC)c1OC. The first kappa shape index (κ1) is 20.8. The van der Waals surface area contributed by atoms with Crippen molar-refractivity contribution in [1.82, 2.24) is 9.55 Å². The number of hydrogen-bond donors (Lipinski definition) is 0. The van der Waals surface area contributed by atoms with Crippen LogP contribution in [-0.4, -0.2) is 30.9 Å². The smallest absolute Gasteiger partial charge is 0.261 e. The Morgan fingerprint density at radius 1 is 0.903 bits per heavy atom. The molecule has 0 saturated heterocycles. The van der Waals surface area contributed by atoms with Crippen LogP contribution < -0.4 is 19.8 Å². The van der Waals surface area contributed by atoms with E-state index < -0.39 is 0 Å². The summed E-state index contributed by atoms with van der Waals surface area (Å²) in [5.74, 6) is 1.89. The number of hydrogen-bond acceptors (Lipinski definition) is 5. The molecular weight excluding hydrogens is 416 g/mol. The molecule has 1 heterocycles. The van der Waals surface area contributed by atoms with Gasteiger partial charge < -0.3 is 14.2 Å². The van der Waals surface area contributed by atoms with Gasteiger partial charge in [0.1, 0.15) is 5.82 Å². The molecule has 4 rings (SSSR count). The number of nitrogens with zero attached hydrogens (tertiary/aromatic N) is 2. The number of benzene rings is 3. The molecule has 1 aromatic heterocycles. The molecule has 0 aliphatic rings. The van der Waals surface area contributed by atoms with Gasteiger partial charge in [-0.25, -0.2) is 4.98 Å². The molecular formula is C24H21ClN2O4. The maximum Gasteiger partial charge on any atom is 0.261 e. The fraction of sp³-hybridized carbons (Fsp3) is 0.167. The van der Waals surface area contributed by atoms with E-state index >= 15 is 0 Å². The molecule has 0 amide bonds. The summed E-state index contributed by atoms with van der Waals surface area (Å²) in [5, 5.41) is 1.01. The van der Waals surface area contributed by atoms with Crippen LogP contribution in [0.2, 0.25) is 5.02 Å². The summed E-state index contributed by atoms with van der Waals surface area (Å²) in [4.78, 5) is 18.3. The number of aromatic nitrogens is 2. The van der Waals surface area contributed by atoms with Crippen molar-refractivity contribution in [3.8, 4) is 28.6 Å². The summed E-state index contributed by atoms with van der Waals surface area (Å²) in [6.45, 7) is 0.358. The highest BCUT2D eigenvalue weighted by molar-refractivity contribution is 6.31. The predicted molar refractivity (Wildman–Crippen MR) is 122 cm³/mol. The van der Waals surface area contributed by atoms with Gasteiger partial charge in [-0.1, -0.05) is 41.9 Å². The third kappa shape index (κ3) is 3.94. The van der Waals surface area contributed by atoms with Gasteiger partial charge in [0, 0.05) is 10.6 Å². The average molecular weight is 437 g/mol. The topological polar surface area (TPSA) is 62.6 Å². The minimum Gasteiger partial charge on any atom is -0.493 e. The molecule has 158 valence electrons. The lowest BCUT2D eigenvalue weighted by atomic mass is 10.1. The highest BCUT2D eigenvalue weighted by Gasteiger charge is 2.19. The van der Waals surface area contributed by atoms with E-state index in [-0.39, 0.29) is 5.56 Å². The van der Waals surface area contributed by atoms with Gasteiger partial charge in [0.25, 0.3) is 5.56 Å². The molecule has 0 aliphatic carbocycles. The molecule has 0 N–H and O–H groups in total. The third-order valence-corrected chi connectivity index (χ3v) is 5.26. The minimum absolute atomic E-state index is 0.158. The lowest BCUT2D eigenvalue weighted by Gasteiger charge is -2.17. The molecule has 4 aromatic rings. The first-order valence-electron chi connectivity index (χ1n) is 9.60. The number of methoxy groups -OCH3 is 3. The van der Waals surface area contributed by atoms with Crippen molar-refractivity contribution in [3.63, 3.8) is 0 Å². The minimum atomic E-state index is -0.158. The zero-order valence-electron chi connectivity index (χ0n) is 17.4. The van der Waals surface area contributed by atoms with Gasteiger partial charge >= 0.3 is 0 Å². The highest BCUT2D eigenvalue weighted by atomic mass is 35.5. The lowest BCUT2D eigenvalue weighted by molar-refractivity contribution is 0.324. The third-order valence-electron chi connectivity index (χ3n) is 5.02. The van der Waals surface area contributed by atoms with Gasteiger partial charge in [0.15, 0.2) is 11.5 Å². The van der Waals surface area contributed by atoms with E-state index in [1.165, 1.54) is 0 Å². The van der Waals surface area contributed by atoms with E-state index in [9.17, 15) is 4.79 Å². The summed E-state index contributed by atoms with van der Waals surface area (Å²) in [7, 11) is 4.64. The Labute approximate surface area is 184 Å². The first-order chi connectivity index (χ1) is 15.0. The number of halogens is 1. The Kier molecular flexibility index (Phi) is 5.82. The van der Waals surface area contributed by atoms with E-state index in [2.05, 4.69) is 0 Å². The van der Waals surface area contributed by atoms with Crippen LogP contribution in [0.15, 0.2) is 65.5 Å². The largest absolute Gasteiger partial charge is 0.493 e. The second-order valence-electron chi connectivity index (χ2n) is 6.89. The molecule has 7 heteroatoms. The van der Waals surface area contributed by atoms with Crippen LogP contribution in [0.25, 0.3) is 22.3 Å². The van der Waals surface area contributed by atoms with Gasteiger partial charge in [-0.2, -0.15) is 0 Å². The molecule has 0 radical (unpaired) electrons. The normalized spacial score (nSPS) is 10.8. The van der Waals surface area contributed by atoms with E-state index in [1.807, 2.05) is 30.3 Å². The molecule has 3 aromatic carbocycles. The van der Waals surface area contributed by atoms with Gasteiger partial charge in [0.2, 0.25) is 5.75 Å². The Bertz CT molecular complexity index is 1280. The van der Waals surface area contributed by atoms with E-state index in [4.69, 9.17) is 30.8 Å². The summed E-state index contributed by atoms with van der Waals surface area (Å²) < 4.78 is 18.1. The molecule has 31 heavy (non-hydrogen) atoms. The van der Waals surface area contributed by atoms with Crippen LogP contribution in [0.4, 0.5) is 0 Å². The fourth-order valence-electron chi connectivity index (χ4n) is 3.54. The van der Waals surface area contributed by atoms with Gasteiger partial charge in [-0.3, -0.25) is 9.36 Å². The standard InChI is InChI=1S/C24H21ClN2O4/c1-29-20-11-16(12-21(30-2)22(20)31-3)23-26-19-13-17(25)9-10-18(19)24(28)27(23)14-15-7-5-4-6-8-15/h4-13H,14H2,1-3H3. The average Bonchev–Trinajstić information content (AvgIpc) is 2.80. The van der Waals surface area contributed by atoms with Crippen molar-refractivity contribution in [3.05, 3.63) is 81.6 Å². The molecule has 0 fully saturated rings. The monoisotopic (exact) mass is 436 g/mol. The van der Waals surface area contributed by atoms with E-state index in [0.29, 0.717) is 51.1 Å². The fourth-order valence-corrected chi connectivity index (χ4v) is 3.70. The highest BCUT2D eigenvalue weighted by Crippen LogP contribution is 2.41. The number of rotatable bonds is 6. The molecule has 0 saturated carbocycles. The zero-order chi connectivity index (χ0) is 22.0. The lowest BCUT2D eigenvalue weighted by Crippen LogP contribution is -2.24. The van der Waals surface area contributed by atoms with Gasteiger partial charge in [-0.15, -0.1) is 0 Å². The Morgan fingerprint density at radius 3 is 2.19 bits per heavy atom. The number of fused-ring (bicyclic) bond motifs is 1. The van der Waals surface area contributed by atoms with Gasteiger partial charge in [-0.05, 0) is 35.9 Å². The molecule has 0 spiro atoms. The second-order valence-corrected chi connectivity index (χ2v) is 7.32. The molecule has 0 bridgehead atoms. The molecule has 6 nitrogen and oxygen atoms in total. The zero-order valence-corrected chi connectivity index (χ0v) is 18.1. The van der Waals surface area contributed by atoms with Crippen molar-refractivity contribution in [2.75, 3.05) is 21.3 Å². The molecule has 0 atom stereocenters. The van der Waals surface area contributed by atoms with Crippen molar-refractivity contribution < 1.29 is 14.2 Å². The summed E-state index contributed by atoms with van der Waals surface area (Å²) in [6.07, 6.45) is 0. The Balaban J connectivity index is 2.02. The van der Waals surface area contributed by atoms with Crippen molar-refractivity contribution in [2.24, 2.45) is 0 Å². The molecule has 0 aliphatic heterocycles. The van der Waals surface area contributed by atoms with Crippen molar-refractivity contribution in [1.29, 1.82) is 0 Å². The number of ether oxygens (including phenoxy) is 3. The van der Waals surface area contributed by atoms with E-state index in [0.717, 1.165) is 5.56 Å². The second kappa shape index (κ2) is 8.70. The summed E-state index contributed by atoms with van der Waals surface area (Å²) >= 11 is 6.17. The quantitative estimate of drug-likeness (QED) is 0.435. The Morgan fingerprint density at radius 2 is 1.58 bits per heavy atom. The van der Waals surface area contributed by atoms with Crippen LogP contribution in [0, 0.1) is 0 Å². The summed E-state index contributed by atoms with van der Waals surface area (Å²) in [6, 6.07) is 18.4. The van der Waals surface area contributed by atoms with Crippen LogP contribution in [0.1, 0.15) is 5.56 Å². The van der Waals surface area contributed by atoms with Crippen LogP contribution in [-0.2, 0) is 6.54 Å². The van der Waals surface area contributed by atoms with Crippen LogP contribution in [0.5, 0.6) is 17.2 Å². The maximum atomic E-state index is 13.5. The van der Waals surface area contributed by atoms with E-state index in [1.54, 1.807) is 56.2 Å². The van der Waals surface area contributed by atoms with Gasteiger partial charge in [0.05, 0.1) is 38.8 Å². The Hall–Kier alpha value is -3.51. The summed E-state index contributed by atoms with van der Waals surface area (Å²) in [5.41, 5.74) is 2.00. The van der Waals surface area contributed by atoms with Crippen molar-refractivity contribution in [2.45, 2.75) is 6.54 Å². The van der Waals surface area contributed by atoms with Crippen LogP contribution >= 0.6 is 11.6 Å². The first-order valence-corrected chi connectivity index (χ1v) is 9.98. The maximum absolute atomic E-state index is 13.5. The predicted octanol–water partition coefficient (Wildman–Crippen LogP) is 4.79. The molecule has 0 unspecified atom stereocenters. The van der Waals surface area contributed by atoms with Crippen LogP contribution in [0.3, 0.4) is 0 Å².